The first-order valence-electron chi connectivity index (χ1n) is 8.27. The second-order valence-corrected chi connectivity index (χ2v) is 6.60. The summed E-state index contributed by atoms with van der Waals surface area (Å²) in [5, 5.41) is 12.6. The molecule has 138 valence electrons. The van der Waals surface area contributed by atoms with Gasteiger partial charge in [0.1, 0.15) is 0 Å². The topological polar surface area (TPSA) is 71.8 Å². The fourth-order valence-corrected chi connectivity index (χ4v) is 3.17. The molecule has 1 atom stereocenters. The highest BCUT2D eigenvalue weighted by Crippen LogP contribution is 2.25. The molecule has 8 heteroatoms. The molecule has 0 radical (unpaired) electrons. The molecule has 3 aromatic rings. The van der Waals surface area contributed by atoms with Crippen molar-refractivity contribution in [2.45, 2.75) is 19.9 Å². The van der Waals surface area contributed by atoms with Crippen molar-refractivity contribution in [2.75, 3.05) is 13.1 Å². The smallest absolute Gasteiger partial charge is 0.291 e. The van der Waals surface area contributed by atoms with E-state index in [0.717, 1.165) is 17.1 Å². The van der Waals surface area contributed by atoms with E-state index >= 15 is 0 Å². The van der Waals surface area contributed by atoms with E-state index < -0.39 is 0 Å². The first-order chi connectivity index (χ1) is 12.2. The number of carbonyl (C=O) groups excluding carboxylic acids is 1. The number of nitrogens with one attached hydrogen (secondary N) is 2. The van der Waals surface area contributed by atoms with Crippen LogP contribution in [0, 0.1) is 0 Å². The van der Waals surface area contributed by atoms with Gasteiger partial charge in [-0.25, -0.2) is 9.67 Å². The van der Waals surface area contributed by atoms with E-state index in [0.29, 0.717) is 12.4 Å². The predicted octanol–water partition coefficient (Wildman–Crippen LogP) is 3.15. The number of carbonyl (C=O) groups is 1. The molecule has 2 heterocycles. The lowest BCUT2D eigenvalue weighted by atomic mass is 10.3. The number of likely N-dealkylation sites (N-methyl/N-ethyl adjacent to an activating group) is 1. The zero-order valence-corrected chi connectivity index (χ0v) is 16.3. The summed E-state index contributed by atoms with van der Waals surface area (Å²) >= 11 is 1.57. The maximum atomic E-state index is 12.4. The molecule has 0 spiro atoms. The molecule has 2 aromatic heterocycles. The van der Waals surface area contributed by atoms with Crippen molar-refractivity contribution < 1.29 is 4.79 Å². The number of nitrogens with zero attached hydrogens (tertiary/aromatic N) is 3. The highest BCUT2D eigenvalue weighted by atomic mass is 35.5. The Bertz CT molecular complexity index is 819. The van der Waals surface area contributed by atoms with Gasteiger partial charge < -0.3 is 10.6 Å². The van der Waals surface area contributed by atoms with Gasteiger partial charge in [-0.1, -0.05) is 31.2 Å². The molecule has 1 amide bonds. The van der Waals surface area contributed by atoms with Crippen LogP contribution in [0.4, 0.5) is 0 Å². The van der Waals surface area contributed by atoms with E-state index in [-0.39, 0.29) is 30.2 Å². The van der Waals surface area contributed by atoms with Gasteiger partial charge in [0.15, 0.2) is 5.82 Å². The van der Waals surface area contributed by atoms with Crippen molar-refractivity contribution in [3.8, 4) is 16.4 Å². The average molecular weight is 392 g/mol. The van der Waals surface area contributed by atoms with E-state index in [1.165, 1.54) is 0 Å². The first kappa shape index (κ1) is 20.1. The van der Waals surface area contributed by atoms with Crippen LogP contribution >= 0.6 is 23.7 Å². The summed E-state index contributed by atoms with van der Waals surface area (Å²) in [5.41, 5.74) is 0.874. The molecule has 2 N–H and O–H groups in total. The van der Waals surface area contributed by atoms with Gasteiger partial charge in [-0.3, -0.25) is 4.79 Å². The third-order valence-corrected chi connectivity index (χ3v) is 4.54. The lowest BCUT2D eigenvalue weighted by molar-refractivity contribution is 0.0940. The van der Waals surface area contributed by atoms with Crippen LogP contribution in [0.5, 0.6) is 0 Å². The van der Waals surface area contributed by atoms with Crippen LogP contribution in [-0.2, 0) is 0 Å². The molecule has 6 nitrogen and oxygen atoms in total. The normalized spacial score (nSPS) is 11.6. The molecule has 3 rings (SSSR count). The van der Waals surface area contributed by atoms with Crippen LogP contribution < -0.4 is 10.6 Å². The van der Waals surface area contributed by atoms with Crippen molar-refractivity contribution in [2.24, 2.45) is 0 Å². The minimum atomic E-state index is -0.266. The number of hydrogen-bond acceptors (Lipinski definition) is 5. The van der Waals surface area contributed by atoms with E-state index in [4.69, 9.17) is 0 Å². The van der Waals surface area contributed by atoms with E-state index in [1.807, 2.05) is 61.7 Å². The number of amides is 1. The Morgan fingerprint density at radius 3 is 2.65 bits per heavy atom. The zero-order chi connectivity index (χ0) is 17.6. The summed E-state index contributed by atoms with van der Waals surface area (Å²) in [6.07, 6.45) is 0. The lowest BCUT2D eigenvalue weighted by Gasteiger charge is -2.11. The van der Waals surface area contributed by atoms with Crippen molar-refractivity contribution in [1.29, 1.82) is 0 Å². The monoisotopic (exact) mass is 391 g/mol. The Labute approximate surface area is 163 Å². The Kier molecular flexibility index (Phi) is 7.32. The minimum Gasteiger partial charge on any atom is -0.348 e. The largest absolute Gasteiger partial charge is 0.348 e. The van der Waals surface area contributed by atoms with Crippen LogP contribution in [0.3, 0.4) is 0 Å². The van der Waals surface area contributed by atoms with Gasteiger partial charge in [0.25, 0.3) is 5.91 Å². The Morgan fingerprint density at radius 2 is 2.00 bits per heavy atom. The molecule has 0 bridgehead atoms. The van der Waals surface area contributed by atoms with Crippen molar-refractivity contribution in [3.05, 3.63) is 53.7 Å². The molecule has 0 aliphatic heterocycles. The number of rotatable bonds is 7. The molecule has 0 aliphatic rings. The summed E-state index contributed by atoms with van der Waals surface area (Å²) in [5.74, 6) is 0.583. The number of para-hydroxylation sites is 1. The first-order valence-corrected chi connectivity index (χ1v) is 9.15. The third kappa shape index (κ3) is 4.69. The Balaban J connectivity index is 0.00000243. The van der Waals surface area contributed by atoms with Gasteiger partial charge in [-0.05, 0) is 37.0 Å². The van der Waals surface area contributed by atoms with Gasteiger partial charge in [-0.15, -0.1) is 28.8 Å². The van der Waals surface area contributed by atoms with Crippen LogP contribution in [0.1, 0.15) is 24.5 Å². The van der Waals surface area contributed by atoms with Crippen molar-refractivity contribution in [3.63, 3.8) is 0 Å². The van der Waals surface area contributed by atoms with Crippen LogP contribution in [-0.4, -0.2) is 39.8 Å². The Hall–Kier alpha value is -2.22. The molecule has 0 saturated heterocycles. The van der Waals surface area contributed by atoms with E-state index in [9.17, 15) is 4.79 Å². The molecule has 0 unspecified atom stereocenters. The number of halogens is 1. The maximum Gasteiger partial charge on any atom is 0.291 e. The SMILES string of the molecule is CCN[C@H](C)CNC(=O)c1nc(-c2cccs2)n(-c2ccccc2)n1.Cl. The number of aromatic nitrogens is 3. The average Bonchev–Trinajstić information content (AvgIpc) is 3.30. The second kappa shape index (κ2) is 9.47. The highest BCUT2D eigenvalue weighted by Gasteiger charge is 2.19. The standard InChI is InChI=1S/C18H21N5OS.ClH/c1-3-19-13(2)12-20-18(24)16-21-17(15-10-7-11-25-15)23(22-16)14-8-5-4-6-9-14;/h4-11,13,19H,3,12H2,1-2H3,(H,20,24);1H/t13-;/m1./s1. The molecule has 0 fully saturated rings. The fraction of sp³-hybridized carbons (Fsp3) is 0.278. The second-order valence-electron chi connectivity index (χ2n) is 5.65. The van der Waals surface area contributed by atoms with Crippen LogP contribution in [0.15, 0.2) is 47.8 Å². The summed E-state index contributed by atoms with van der Waals surface area (Å²) in [7, 11) is 0. The van der Waals surface area contributed by atoms with Gasteiger partial charge >= 0.3 is 0 Å². The van der Waals surface area contributed by atoms with E-state index in [1.54, 1.807) is 16.0 Å². The Morgan fingerprint density at radius 1 is 1.23 bits per heavy atom. The van der Waals surface area contributed by atoms with Crippen molar-refractivity contribution >= 4 is 29.7 Å². The molecular weight excluding hydrogens is 370 g/mol. The summed E-state index contributed by atoms with van der Waals surface area (Å²) < 4.78 is 1.72. The predicted molar refractivity (Wildman–Crippen MR) is 107 cm³/mol. The summed E-state index contributed by atoms with van der Waals surface area (Å²) in [4.78, 5) is 17.9. The van der Waals surface area contributed by atoms with Gasteiger partial charge in [-0.2, -0.15) is 0 Å². The van der Waals surface area contributed by atoms with Crippen LogP contribution in [0.2, 0.25) is 0 Å². The highest BCUT2D eigenvalue weighted by molar-refractivity contribution is 7.13. The number of hydrogen-bond donors (Lipinski definition) is 2. The lowest BCUT2D eigenvalue weighted by Crippen LogP contribution is -2.39. The summed E-state index contributed by atoms with van der Waals surface area (Å²) in [6, 6.07) is 13.8. The molecule has 0 saturated carbocycles. The quantitative estimate of drug-likeness (QED) is 0.649. The van der Waals surface area contributed by atoms with Gasteiger partial charge in [0.05, 0.1) is 10.6 Å². The van der Waals surface area contributed by atoms with Gasteiger partial charge in [0.2, 0.25) is 5.82 Å². The third-order valence-electron chi connectivity index (χ3n) is 3.67. The fourth-order valence-electron chi connectivity index (χ4n) is 2.47. The van der Waals surface area contributed by atoms with Crippen LogP contribution in [0.25, 0.3) is 16.4 Å². The zero-order valence-electron chi connectivity index (χ0n) is 14.7. The molecule has 0 aliphatic carbocycles. The van der Waals surface area contributed by atoms with E-state index in [2.05, 4.69) is 20.7 Å². The minimum absolute atomic E-state index is 0. The van der Waals surface area contributed by atoms with Gasteiger partial charge in [0, 0.05) is 12.6 Å². The maximum absolute atomic E-state index is 12.4. The number of benzene rings is 1. The molecular formula is C18H22ClN5OS. The van der Waals surface area contributed by atoms with Crippen molar-refractivity contribution in [1.82, 2.24) is 25.4 Å². The number of thiophene rings is 1. The molecule has 1 aromatic carbocycles. The molecule has 26 heavy (non-hydrogen) atoms. The summed E-state index contributed by atoms with van der Waals surface area (Å²) in [6.45, 7) is 5.45.